The van der Waals surface area contributed by atoms with Crippen LogP contribution in [0.4, 0.5) is 4.39 Å². The van der Waals surface area contributed by atoms with Gasteiger partial charge >= 0.3 is 0 Å². The van der Waals surface area contributed by atoms with E-state index < -0.39 is 26.6 Å². The van der Waals surface area contributed by atoms with E-state index in [-0.39, 0.29) is 10.0 Å². The number of hydrogen-bond acceptors (Lipinski definition) is 3. The van der Waals surface area contributed by atoms with Crippen LogP contribution in [0.1, 0.15) is 23.7 Å². The lowest BCUT2D eigenvalue weighted by atomic mass is 10.2. The van der Waals surface area contributed by atoms with E-state index in [0.717, 1.165) is 6.07 Å². The number of halogens is 2. The van der Waals surface area contributed by atoms with Gasteiger partial charge in [-0.25, -0.2) is 17.9 Å². The number of benzene rings is 1. The highest BCUT2D eigenvalue weighted by Gasteiger charge is 2.22. The smallest absolute Gasteiger partial charge is 0.254 e. The standard InChI is InChI=1S/C10H12BrFN2O3S/c1-2-3-14-10(15)7-4-6(11)5-8(9(7)12)18(13,16)17/h4-5H,2-3H2,1H3,(H,14,15)(H2,13,16,17). The minimum Gasteiger partial charge on any atom is -0.352 e. The van der Waals surface area contributed by atoms with Crippen molar-refractivity contribution in [1.82, 2.24) is 5.32 Å². The number of nitrogens with two attached hydrogens (primary N) is 1. The van der Waals surface area contributed by atoms with Crippen molar-refractivity contribution in [3.8, 4) is 0 Å². The lowest BCUT2D eigenvalue weighted by Crippen LogP contribution is -2.26. The number of carbonyl (C=O) groups is 1. The number of rotatable bonds is 4. The summed E-state index contributed by atoms with van der Waals surface area (Å²) in [5.74, 6) is -1.82. The topological polar surface area (TPSA) is 89.3 Å². The number of amides is 1. The predicted octanol–water partition coefficient (Wildman–Crippen LogP) is 1.38. The van der Waals surface area contributed by atoms with Crippen LogP contribution in [0.5, 0.6) is 0 Å². The maximum Gasteiger partial charge on any atom is 0.254 e. The van der Waals surface area contributed by atoms with Crippen molar-refractivity contribution in [2.75, 3.05) is 6.54 Å². The highest BCUT2D eigenvalue weighted by molar-refractivity contribution is 9.10. The molecule has 0 aliphatic heterocycles. The molecular weight excluding hydrogens is 327 g/mol. The molecule has 1 aromatic rings. The second-order valence-corrected chi connectivity index (χ2v) is 6.01. The molecule has 1 aromatic carbocycles. The van der Waals surface area contributed by atoms with Gasteiger partial charge in [0.05, 0.1) is 5.56 Å². The van der Waals surface area contributed by atoms with E-state index in [9.17, 15) is 17.6 Å². The van der Waals surface area contributed by atoms with Gasteiger partial charge in [-0.3, -0.25) is 4.79 Å². The molecule has 0 radical (unpaired) electrons. The summed E-state index contributed by atoms with van der Waals surface area (Å²) in [6.45, 7) is 2.21. The van der Waals surface area contributed by atoms with Crippen molar-refractivity contribution in [2.24, 2.45) is 5.14 Å². The minimum absolute atomic E-state index is 0.259. The molecule has 0 spiro atoms. The van der Waals surface area contributed by atoms with Crippen LogP contribution in [0.2, 0.25) is 0 Å². The number of hydrogen-bond donors (Lipinski definition) is 2. The zero-order valence-electron chi connectivity index (χ0n) is 9.54. The van der Waals surface area contributed by atoms with E-state index in [1.807, 2.05) is 6.92 Å². The van der Waals surface area contributed by atoms with Crippen LogP contribution in [0.25, 0.3) is 0 Å². The second-order valence-electron chi connectivity index (χ2n) is 3.57. The lowest BCUT2D eigenvalue weighted by molar-refractivity contribution is 0.0949. The molecule has 1 rings (SSSR count). The summed E-state index contributed by atoms with van der Waals surface area (Å²) in [4.78, 5) is 10.9. The zero-order valence-corrected chi connectivity index (χ0v) is 11.9. The molecule has 0 fully saturated rings. The fourth-order valence-corrected chi connectivity index (χ4v) is 2.53. The molecule has 1 amide bonds. The second kappa shape index (κ2) is 5.77. The predicted molar refractivity (Wildman–Crippen MR) is 68.1 cm³/mol. The molecule has 0 bridgehead atoms. The Bertz CT molecular complexity index is 575. The first-order chi connectivity index (χ1) is 8.27. The summed E-state index contributed by atoms with van der Waals surface area (Å²) in [6.07, 6.45) is 0.684. The first kappa shape index (κ1) is 15.1. The van der Waals surface area contributed by atoms with E-state index >= 15 is 0 Å². The Balaban J connectivity index is 3.30. The first-order valence-electron chi connectivity index (χ1n) is 5.07. The average molecular weight is 339 g/mol. The first-order valence-corrected chi connectivity index (χ1v) is 7.41. The van der Waals surface area contributed by atoms with E-state index in [4.69, 9.17) is 5.14 Å². The minimum atomic E-state index is -4.22. The van der Waals surface area contributed by atoms with Gasteiger partial charge in [-0.1, -0.05) is 22.9 Å². The molecule has 0 saturated carbocycles. The molecule has 18 heavy (non-hydrogen) atoms. The maximum absolute atomic E-state index is 13.9. The summed E-state index contributed by atoms with van der Waals surface area (Å²) >= 11 is 3.01. The van der Waals surface area contributed by atoms with Crippen molar-refractivity contribution in [3.63, 3.8) is 0 Å². The Morgan fingerprint density at radius 1 is 1.50 bits per heavy atom. The molecule has 0 aromatic heterocycles. The molecule has 0 aliphatic carbocycles. The molecule has 8 heteroatoms. The largest absolute Gasteiger partial charge is 0.352 e. The quantitative estimate of drug-likeness (QED) is 0.868. The van der Waals surface area contributed by atoms with Crippen molar-refractivity contribution >= 4 is 31.9 Å². The Hall–Kier alpha value is -0.990. The van der Waals surface area contributed by atoms with Crippen LogP contribution in [0.15, 0.2) is 21.5 Å². The molecule has 0 atom stereocenters. The monoisotopic (exact) mass is 338 g/mol. The summed E-state index contributed by atoms with van der Waals surface area (Å²) in [5.41, 5.74) is -0.359. The van der Waals surface area contributed by atoms with Gasteiger partial charge in [0.1, 0.15) is 4.90 Å². The van der Waals surface area contributed by atoms with E-state index in [0.29, 0.717) is 13.0 Å². The number of carbonyl (C=O) groups excluding carboxylic acids is 1. The normalized spacial score (nSPS) is 11.3. The van der Waals surface area contributed by atoms with Gasteiger partial charge in [-0.2, -0.15) is 0 Å². The molecule has 0 saturated heterocycles. The summed E-state index contributed by atoms with van der Waals surface area (Å²) in [6, 6.07) is 2.22. The Kier molecular flexibility index (Phi) is 4.83. The van der Waals surface area contributed by atoms with E-state index in [2.05, 4.69) is 21.2 Å². The zero-order chi connectivity index (χ0) is 13.9. The van der Waals surface area contributed by atoms with Gasteiger partial charge in [0.2, 0.25) is 10.0 Å². The number of sulfonamides is 1. The van der Waals surface area contributed by atoms with Crippen molar-refractivity contribution < 1.29 is 17.6 Å². The van der Waals surface area contributed by atoms with Crippen LogP contribution in [-0.4, -0.2) is 20.9 Å². The Morgan fingerprint density at radius 3 is 2.61 bits per heavy atom. The average Bonchev–Trinajstić information content (AvgIpc) is 2.27. The lowest BCUT2D eigenvalue weighted by Gasteiger charge is -2.08. The molecule has 100 valence electrons. The SMILES string of the molecule is CCCNC(=O)c1cc(Br)cc(S(N)(=O)=O)c1F. The molecule has 0 heterocycles. The fraction of sp³-hybridized carbons (Fsp3) is 0.300. The van der Waals surface area contributed by atoms with Gasteiger partial charge in [-0.05, 0) is 18.6 Å². The Morgan fingerprint density at radius 2 is 2.11 bits per heavy atom. The van der Waals surface area contributed by atoms with Gasteiger partial charge in [0, 0.05) is 11.0 Å². The number of nitrogens with one attached hydrogen (secondary N) is 1. The van der Waals surface area contributed by atoms with E-state index in [1.165, 1.54) is 6.07 Å². The molecule has 0 unspecified atom stereocenters. The van der Waals surface area contributed by atoms with Crippen molar-refractivity contribution in [1.29, 1.82) is 0 Å². The van der Waals surface area contributed by atoms with Crippen molar-refractivity contribution in [2.45, 2.75) is 18.2 Å². The molecule has 5 nitrogen and oxygen atoms in total. The van der Waals surface area contributed by atoms with E-state index in [1.54, 1.807) is 0 Å². The molecule has 0 aliphatic rings. The fourth-order valence-electron chi connectivity index (χ4n) is 1.27. The third-order valence-electron chi connectivity index (χ3n) is 2.09. The Labute approximate surface area is 113 Å². The van der Waals surface area contributed by atoms with Gasteiger partial charge in [-0.15, -0.1) is 0 Å². The number of primary sulfonamides is 1. The molecular formula is C10H12BrFN2O3S. The summed E-state index contributed by atoms with van der Waals surface area (Å²) in [7, 11) is -4.22. The van der Waals surface area contributed by atoms with Crippen molar-refractivity contribution in [3.05, 3.63) is 28.0 Å². The van der Waals surface area contributed by atoms with Crippen LogP contribution >= 0.6 is 15.9 Å². The maximum atomic E-state index is 13.9. The summed E-state index contributed by atoms with van der Waals surface area (Å²) < 4.78 is 36.5. The highest BCUT2D eigenvalue weighted by atomic mass is 79.9. The third kappa shape index (κ3) is 3.50. The van der Waals surface area contributed by atoms with Crippen LogP contribution in [-0.2, 0) is 10.0 Å². The molecule has 3 N–H and O–H groups in total. The van der Waals surface area contributed by atoms with Gasteiger partial charge in [0.15, 0.2) is 5.82 Å². The summed E-state index contributed by atoms with van der Waals surface area (Å²) in [5, 5.41) is 7.34. The third-order valence-corrected chi connectivity index (χ3v) is 3.46. The van der Waals surface area contributed by atoms with Crippen LogP contribution < -0.4 is 10.5 Å². The highest BCUT2D eigenvalue weighted by Crippen LogP contribution is 2.23. The van der Waals surface area contributed by atoms with Gasteiger partial charge in [0.25, 0.3) is 5.91 Å². The van der Waals surface area contributed by atoms with Crippen LogP contribution in [0, 0.1) is 5.82 Å². The van der Waals surface area contributed by atoms with Crippen LogP contribution in [0.3, 0.4) is 0 Å². The van der Waals surface area contributed by atoms with Gasteiger partial charge < -0.3 is 5.32 Å².